The number of nitrogens with zero attached hydrogens (tertiary/aromatic N) is 2. The van der Waals surface area contributed by atoms with Gasteiger partial charge in [-0.1, -0.05) is 348 Å². The average Bonchev–Trinajstić information content (AvgIpc) is 1.54. The Bertz CT molecular complexity index is 6140. The van der Waals surface area contributed by atoms with E-state index in [1.54, 1.807) is 0 Å². The second-order valence-corrected chi connectivity index (χ2v) is 63.9. The SMILES string of the molecule is CCCCCCCCCCOc1ccc(C2(c3cc(C)ccc3C)c3cc(C)ccc3-c3ccc(-c4c5ccccc5c(-c5ccc(-c6nnc(-c7ccc(-c8ccc9c(c8)C(c8ccccc8)(c8ccc(OCCCCC)c(OCCCCC)c8)c8cc(C)ccc8-9)c(C)c7)o6)c(C)c5)c5ccccc45)cc32)cc1OCCCCCCCCCC.PP(P)P(P)P(P)P. The van der Waals surface area contributed by atoms with Gasteiger partial charge in [0.25, 0.3) is 0 Å². The average molecular weight is 1860 g/mol. The molecular formula is C114H132N2O5P8. The van der Waals surface area contributed by atoms with Gasteiger partial charge in [-0.05, 0) is 281 Å². The highest BCUT2D eigenvalue weighted by molar-refractivity contribution is 9.06. The molecule has 0 N–H and O–H groups in total. The first kappa shape index (κ1) is 95.8. The Balaban J connectivity index is 0.00000152. The lowest BCUT2D eigenvalue weighted by molar-refractivity contribution is 0.258. The fraction of sp³-hybridized carbons (Fsp3) is 0.333. The Morgan fingerprint density at radius 3 is 1.10 bits per heavy atom. The summed E-state index contributed by atoms with van der Waals surface area (Å²) in [4.78, 5) is 0. The predicted molar refractivity (Wildman–Crippen MR) is 575 cm³/mol. The molecule has 7 unspecified atom stereocenters. The van der Waals surface area contributed by atoms with Crippen LogP contribution in [0.25, 0.3) is 100 Å². The number of aromatic nitrogens is 2. The molecule has 0 saturated heterocycles. The van der Waals surface area contributed by atoms with Gasteiger partial charge in [0.15, 0.2) is 23.0 Å². The van der Waals surface area contributed by atoms with Crippen molar-refractivity contribution in [2.75, 3.05) is 26.4 Å². The Morgan fingerprint density at radius 1 is 0.271 bits per heavy atom. The van der Waals surface area contributed by atoms with Gasteiger partial charge in [-0.15, -0.1) is 54.8 Å². The van der Waals surface area contributed by atoms with Crippen molar-refractivity contribution >= 4 is 87.1 Å². The van der Waals surface area contributed by atoms with Crippen molar-refractivity contribution in [3.05, 3.63) is 321 Å². The van der Waals surface area contributed by atoms with E-state index >= 15 is 0 Å². The maximum absolute atomic E-state index is 7.08. The molecule has 2 aliphatic carbocycles. The Morgan fingerprint density at radius 2 is 0.620 bits per heavy atom. The van der Waals surface area contributed by atoms with Gasteiger partial charge in [0.2, 0.25) is 11.8 Å². The van der Waals surface area contributed by atoms with Crippen LogP contribution in [0.3, 0.4) is 0 Å². The van der Waals surface area contributed by atoms with Crippen LogP contribution in [0.1, 0.15) is 247 Å². The van der Waals surface area contributed by atoms with E-state index in [4.69, 9.17) is 33.6 Å². The summed E-state index contributed by atoms with van der Waals surface area (Å²) in [5.41, 5.74) is 29.3. The number of fused-ring (bicyclic) bond motifs is 8. The van der Waals surface area contributed by atoms with Crippen molar-refractivity contribution in [3.63, 3.8) is 0 Å². The predicted octanol–water partition coefficient (Wildman–Crippen LogP) is 35.7. The van der Waals surface area contributed by atoms with Gasteiger partial charge in [-0.2, -0.15) is 0 Å². The smallest absolute Gasteiger partial charge is 0.248 e. The van der Waals surface area contributed by atoms with Crippen LogP contribution in [0, 0.1) is 41.5 Å². The molecular weight excluding hydrogens is 1730 g/mol. The Hall–Kier alpha value is -7.84. The van der Waals surface area contributed by atoms with Crippen LogP contribution < -0.4 is 18.9 Å². The lowest BCUT2D eigenvalue weighted by atomic mass is 9.65. The zero-order chi connectivity index (χ0) is 90.1. The summed E-state index contributed by atoms with van der Waals surface area (Å²) < 4.78 is 34.0. The van der Waals surface area contributed by atoms with E-state index in [9.17, 15) is 0 Å². The molecule has 668 valence electrons. The highest BCUT2D eigenvalue weighted by Gasteiger charge is 2.49. The van der Waals surface area contributed by atoms with Crippen molar-refractivity contribution in [1.29, 1.82) is 0 Å². The standard InChI is InChI=1S/C114H122N2O5.H10P8/c1-11-15-19-21-23-25-27-38-66-118-106-63-55-89(76-108(106)120-67-39-28-26-24-22-20-16-12-2)114(100-68-77(5)46-49-80(100)8)102-70-79(7)48-57-93(102)95-61-52-85(74-104(95)114)110-98-44-34-32-42-96(98)109(97-43-33-35-45-99(97)110)84-51-59-91(82(10)71-84)112-116-115-111(121-112)86-53-58-90(81(9)72-86)83-50-60-94-92-56-47-78(6)69-101(92)113(103(94)73-83,87-40-30-29-31-41-87)88-54-62-105(117-64-36-17-13-3)107(75-88)119-65-37-18-14-4;1-6(2)8(5)7(3)4/h29-35,40-63,68-76H,11-28,36-39,64-67H2,1-10H3;1-5H2. The van der Waals surface area contributed by atoms with Gasteiger partial charge in [-0.25, -0.2) is 0 Å². The van der Waals surface area contributed by atoms with E-state index in [1.807, 2.05) is 0 Å². The summed E-state index contributed by atoms with van der Waals surface area (Å²) in [5.74, 6) is 4.22. The molecule has 7 atom stereocenters. The first-order valence-electron chi connectivity index (χ1n) is 47.5. The molecule has 0 fully saturated rings. The van der Waals surface area contributed by atoms with Crippen molar-refractivity contribution < 1.29 is 23.4 Å². The molecule has 7 nitrogen and oxygen atoms in total. The zero-order valence-electron chi connectivity index (χ0n) is 77.6. The third-order valence-electron chi connectivity index (χ3n) is 26.5. The van der Waals surface area contributed by atoms with Gasteiger partial charge in [-0.3, -0.25) is 0 Å². The minimum atomic E-state index is -0.716. The summed E-state index contributed by atoms with van der Waals surface area (Å²) in [6.45, 7) is 25.5. The molecule has 0 bridgehead atoms. The summed E-state index contributed by atoms with van der Waals surface area (Å²) >= 11 is 0. The summed E-state index contributed by atoms with van der Waals surface area (Å²) in [7, 11) is 14.4. The topological polar surface area (TPSA) is 75.8 Å². The fourth-order valence-corrected chi connectivity index (χ4v) is 48.8. The molecule has 2 aliphatic rings. The van der Waals surface area contributed by atoms with E-state index in [0.717, 1.165) is 125 Å². The number of ether oxygens (including phenoxy) is 4. The number of aryl methyl sites for hydroxylation is 6. The van der Waals surface area contributed by atoms with Crippen LogP contribution in [0.15, 0.2) is 247 Å². The minimum Gasteiger partial charge on any atom is -0.490 e. The van der Waals surface area contributed by atoms with Gasteiger partial charge in [0.1, 0.15) is 0 Å². The lowest BCUT2D eigenvalue weighted by Gasteiger charge is -2.36. The molecule has 1 heterocycles. The first-order valence-corrected chi connectivity index (χ1v) is 61.0. The van der Waals surface area contributed by atoms with E-state index in [1.165, 1.54) is 205 Å². The van der Waals surface area contributed by atoms with E-state index in [0.29, 0.717) is 38.2 Å². The zero-order valence-corrected chi connectivity index (χ0v) is 86.1. The van der Waals surface area contributed by atoms with Crippen molar-refractivity contribution in [3.8, 4) is 102 Å². The molecule has 15 heteroatoms. The van der Waals surface area contributed by atoms with Gasteiger partial charge in [0, 0.05) is 11.1 Å². The van der Waals surface area contributed by atoms with Gasteiger partial charge in [0.05, 0.1) is 37.3 Å². The molecule has 0 spiro atoms. The maximum atomic E-state index is 7.08. The number of unbranched alkanes of at least 4 members (excludes halogenated alkanes) is 18. The van der Waals surface area contributed by atoms with Crippen molar-refractivity contribution in [2.45, 2.75) is 221 Å². The molecule has 0 amide bonds. The molecule has 13 aromatic carbocycles. The van der Waals surface area contributed by atoms with E-state index in [-0.39, 0.29) is 21.0 Å². The third-order valence-corrected chi connectivity index (χ3v) is 64.4. The third kappa shape index (κ3) is 21.1. The molecule has 0 aliphatic heterocycles. The largest absolute Gasteiger partial charge is 0.490 e. The Kier molecular flexibility index (Phi) is 33.6. The van der Waals surface area contributed by atoms with E-state index < -0.39 is 10.8 Å². The fourth-order valence-electron chi connectivity index (χ4n) is 19.9. The molecule has 16 rings (SSSR count). The minimum absolute atomic E-state index is 0.147. The van der Waals surface area contributed by atoms with Crippen LogP contribution in [-0.2, 0) is 10.8 Å². The summed E-state index contributed by atoms with van der Waals surface area (Å²) in [6, 6.07) is 91.7. The number of rotatable bonds is 41. The Labute approximate surface area is 784 Å². The van der Waals surface area contributed by atoms with Gasteiger partial charge < -0.3 is 23.4 Å². The number of hydrogen-bond acceptors (Lipinski definition) is 7. The van der Waals surface area contributed by atoms with Crippen molar-refractivity contribution in [2.24, 2.45) is 0 Å². The van der Waals surface area contributed by atoms with Crippen molar-refractivity contribution in [1.82, 2.24) is 10.2 Å². The van der Waals surface area contributed by atoms with Crippen LogP contribution >= 0.6 is 65.6 Å². The molecule has 0 saturated carbocycles. The highest BCUT2D eigenvalue weighted by Crippen LogP contribution is 3.00. The quantitative estimate of drug-likeness (QED) is 0.0215. The highest BCUT2D eigenvalue weighted by atomic mass is 33.1. The molecule has 0 radical (unpaired) electrons. The molecule has 1 aromatic heterocycles. The molecule has 14 aromatic rings. The monoisotopic (exact) mass is 1860 g/mol. The lowest BCUT2D eigenvalue weighted by Crippen LogP contribution is -2.30. The van der Waals surface area contributed by atoms with Crippen LogP contribution in [0.2, 0.25) is 0 Å². The summed E-state index contributed by atoms with van der Waals surface area (Å²) in [5, 5.41) is 14.3. The van der Waals surface area contributed by atoms with Gasteiger partial charge >= 0.3 is 0 Å². The maximum Gasteiger partial charge on any atom is 0.248 e. The second-order valence-electron chi connectivity index (χ2n) is 35.8. The van der Waals surface area contributed by atoms with Crippen LogP contribution in [-0.4, -0.2) is 36.6 Å². The second kappa shape index (κ2) is 45.3. The van der Waals surface area contributed by atoms with Crippen LogP contribution in [0.4, 0.5) is 0 Å². The number of benzene rings is 13. The molecule has 129 heavy (non-hydrogen) atoms. The summed E-state index contributed by atoms with van der Waals surface area (Å²) in [6.07, 6.45) is 26.4. The first-order chi connectivity index (χ1) is 62.9. The van der Waals surface area contributed by atoms with E-state index in [2.05, 4.69) is 357 Å². The normalized spacial score (nSPS) is 14.3. The van der Waals surface area contributed by atoms with Crippen LogP contribution in [0.5, 0.6) is 23.0 Å². The number of hydrogen-bond donors (Lipinski definition) is 0.